The summed E-state index contributed by atoms with van der Waals surface area (Å²) >= 11 is 0. The lowest BCUT2D eigenvalue weighted by atomic mass is 10.0. The number of ether oxygens (including phenoxy) is 1. The van der Waals surface area contributed by atoms with E-state index < -0.39 is 11.7 Å². The van der Waals surface area contributed by atoms with Gasteiger partial charge in [0.25, 0.3) is 0 Å². The molecule has 0 aliphatic carbocycles. The van der Waals surface area contributed by atoms with Crippen molar-refractivity contribution in [2.24, 2.45) is 0 Å². The van der Waals surface area contributed by atoms with Crippen LogP contribution >= 0.6 is 0 Å². The number of alkyl halides is 3. The minimum Gasteiger partial charge on any atom is -0.368 e. The van der Waals surface area contributed by atoms with Crippen molar-refractivity contribution >= 4 is 11.6 Å². The summed E-state index contributed by atoms with van der Waals surface area (Å²) in [5, 5.41) is 6.29. The highest BCUT2D eigenvalue weighted by atomic mass is 19.4. The molecule has 0 unspecified atom stereocenters. The lowest BCUT2D eigenvalue weighted by Crippen LogP contribution is -2.45. The lowest BCUT2D eigenvalue weighted by Gasteiger charge is -2.34. The fourth-order valence-electron chi connectivity index (χ4n) is 2.67. The van der Waals surface area contributed by atoms with Crippen LogP contribution < -0.4 is 10.6 Å². The highest BCUT2D eigenvalue weighted by molar-refractivity contribution is 5.53. The van der Waals surface area contributed by atoms with E-state index in [1.807, 2.05) is 31.2 Å². The maximum absolute atomic E-state index is 12.5. The number of nitrogens with zero attached hydrogens (tertiary/aromatic N) is 2. The Bertz CT molecular complexity index is 703. The molecule has 3 atom stereocenters. The van der Waals surface area contributed by atoms with Gasteiger partial charge in [-0.2, -0.15) is 13.2 Å². The van der Waals surface area contributed by atoms with Gasteiger partial charge in [0.05, 0.1) is 17.8 Å². The molecule has 0 bridgehead atoms. The van der Waals surface area contributed by atoms with Crippen LogP contribution in [0.5, 0.6) is 0 Å². The van der Waals surface area contributed by atoms with Crippen molar-refractivity contribution in [1.29, 1.82) is 0 Å². The number of hydrogen-bond donors (Lipinski definition) is 2. The molecule has 0 amide bonds. The molecule has 3 rings (SSSR count). The molecule has 1 aliphatic heterocycles. The van der Waals surface area contributed by atoms with Crippen LogP contribution in [0, 0.1) is 0 Å². The summed E-state index contributed by atoms with van der Waals surface area (Å²) in [5.41, 5.74) is 0.844. The molecule has 8 heteroatoms. The third kappa shape index (κ3) is 4.26. The van der Waals surface area contributed by atoms with E-state index in [-0.39, 0.29) is 24.2 Å². The molecule has 1 aromatic heterocycles. The second-order valence-electron chi connectivity index (χ2n) is 6.10. The number of morpholine rings is 1. The molecule has 1 saturated heterocycles. The summed E-state index contributed by atoms with van der Waals surface area (Å²) in [5.74, 6) is 0.110. The standard InChI is InChI=1S/C17H19F3N4O/c1-10-7-21-11(2)15(25-10)12-3-5-14(6-4-12)24-16-22-8-13(9-23-16)17(18,19)20/h3-6,8-11,15,21H,7H2,1-2H3,(H,22,23,24)/t10-,11-,15-/m1/s1. The molecule has 0 saturated carbocycles. The highest BCUT2D eigenvalue weighted by Crippen LogP contribution is 2.29. The summed E-state index contributed by atoms with van der Waals surface area (Å²) in [6, 6.07) is 7.70. The molecule has 1 aromatic carbocycles. The Morgan fingerprint density at radius 1 is 1.12 bits per heavy atom. The Balaban J connectivity index is 1.68. The second-order valence-corrected chi connectivity index (χ2v) is 6.10. The van der Waals surface area contributed by atoms with Gasteiger partial charge in [-0.25, -0.2) is 9.97 Å². The topological polar surface area (TPSA) is 59.1 Å². The van der Waals surface area contributed by atoms with Gasteiger partial charge in [0.15, 0.2) is 0 Å². The first-order valence-electron chi connectivity index (χ1n) is 7.98. The Labute approximate surface area is 143 Å². The average Bonchev–Trinajstić information content (AvgIpc) is 2.58. The molecule has 2 heterocycles. The van der Waals surface area contributed by atoms with Gasteiger partial charge in [0, 0.05) is 30.7 Å². The maximum atomic E-state index is 12.5. The van der Waals surface area contributed by atoms with Crippen molar-refractivity contribution in [2.45, 2.75) is 38.3 Å². The fourth-order valence-corrected chi connectivity index (χ4v) is 2.67. The van der Waals surface area contributed by atoms with Crippen molar-refractivity contribution in [3.8, 4) is 0 Å². The van der Waals surface area contributed by atoms with Crippen LogP contribution in [0.2, 0.25) is 0 Å². The average molecular weight is 352 g/mol. The third-order valence-corrected chi connectivity index (χ3v) is 4.03. The zero-order valence-corrected chi connectivity index (χ0v) is 13.8. The summed E-state index contributed by atoms with van der Waals surface area (Å²) in [6.07, 6.45) is -2.83. The zero-order chi connectivity index (χ0) is 18.0. The quantitative estimate of drug-likeness (QED) is 0.883. The van der Waals surface area contributed by atoms with Crippen LogP contribution in [0.1, 0.15) is 31.1 Å². The summed E-state index contributed by atoms with van der Waals surface area (Å²) in [4.78, 5) is 7.40. The predicted molar refractivity (Wildman–Crippen MR) is 87.5 cm³/mol. The molecule has 5 nitrogen and oxygen atoms in total. The number of benzene rings is 1. The van der Waals surface area contributed by atoms with Crippen molar-refractivity contribution in [1.82, 2.24) is 15.3 Å². The first-order valence-corrected chi connectivity index (χ1v) is 7.98. The van der Waals surface area contributed by atoms with Gasteiger partial charge in [0.1, 0.15) is 0 Å². The van der Waals surface area contributed by atoms with E-state index >= 15 is 0 Å². The van der Waals surface area contributed by atoms with Crippen LogP contribution in [0.4, 0.5) is 24.8 Å². The van der Waals surface area contributed by atoms with Crippen molar-refractivity contribution in [2.75, 3.05) is 11.9 Å². The monoisotopic (exact) mass is 352 g/mol. The Morgan fingerprint density at radius 3 is 2.36 bits per heavy atom. The molecule has 2 N–H and O–H groups in total. The SMILES string of the molecule is C[C@@H]1CN[C@H](C)[C@H](c2ccc(Nc3ncc(C(F)(F)F)cn3)cc2)O1. The normalized spacial score (nSPS) is 24.1. The van der Waals surface area contributed by atoms with Gasteiger partial charge in [-0.1, -0.05) is 12.1 Å². The van der Waals surface area contributed by atoms with Crippen LogP contribution in [-0.4, -0.2) is 28.7 Å². The van der Waals surface area contributed by atoms with Gasteiger partial charge < -0.3 is 15.4 Å². The largest absolute Gasteiger partial charge is 0.419 e. The molecule has 1 fully saturated rings. The first kappa shape index (κ1) is 17.6. The van der Waals surface area contributed by atoms with Gasteiger partial charge in [-0.05, 0) is 31.5 Å². The Morgan fingerprint density at radius 2 is 1.76 bits per heavy atom. The van der Waals surface area contributed by atoms with E-state index in [4.69, 9.17) is 4.74 Å². The number of rotatable bonds is 3. The number of anilines is 2. The molecule has 1 aliphatic rings. The molecular weight excluding hydrogens is 333 g/mol. The van der Waals surface area contributed by atoms with Crippen LogP contribution in [0.25, 0.3) is 0 Å². The summed E-state index contributed by atoms with van der Waals surface area (Å²) in [6.45, 7) is 4.91. The number of aromatic nitrogens is 2. The fraction of sp³-hybridized carbons (Fsp3) is 0.412. The van der Waals surface area contributed by atoms with Crippen molar-refractivity contribution in [3.05, 3.63) is 47.8 Å². The van der Waals surface area contributed by atoms with E-state index in [2.05, 4.69) is 27.5 Å². The first-order chi connectivity index (χ1) is 11.8. The van der Waals surface area contributed by atoms with E-state index in [9.17, 15) is 13.2 Å². The number of hydrogen-bond acceptors (Lipinski definition) is 5. The van der Waals surface area contributed by atoms with E-state index in [0.717, 1.165) is 24.5 Å². The Kier molecular flexibility index (Phi) is 4.91. The van der Waals surface area contributed by atoms with Crippen molar-refractivity contribution in [3.63, 3.8) is 0 Å². The van der Waals surface area contributed by atoms with E-state index in [1.54, 1.807) is 0 Å². The van der Waals surface area contributed by atoms with Crippen LogP contribution in [0.3, 0.4) is 0 Å². The van der Waals surface area contributed by atoms with Gasteiger partial charge in [-0.15, -0.1) is 0 Å². The summed E-state index contributed by atoms with van der Waals surface area (Å²) < 4.78 is 43.5. The van der Waals surface area contributed by atoms with Crippen LogP contribution in [-0.2, 0) is 10.9 Å². The molecule has 0 spiro atoms. The zero-order valence-electron chi connectivity index (χ0n) is 13.8. The van der Waals surface area contributed by atoms with E-state index in [1.165, 1.54) is 0 Å². The highest BCUT2D eigenvalue weighted by Gasteiger charge is 2.31. The van der Waals surface area contributed by atoms with Gasteiger partial charge in [0.2, 0.25) is 5.95 Å². The van der Waals surface area contributed by atoms with E-state index in [0.29, 0.717) is 5.69 Å². The second kappa shape index (κ2) is 6.97. The molecule has 134 valence electrons. The summed E-state index contributed by atoms with van der Waals surface area (Å²) in [7, 11) is 0. The Hall–Kier alpha value is -2.19. The molecule has 2 aromatic rings. The molecule has 25 heavy (non-hydrogen) atoms. The van der Waals surface area contributed by atoms with Gasteiger partial charge in [-0.3, -0.25) is 0 Å². The smallest absolute Gasteiger partial charge is 0.368 e. The lowest BCUT2D eigenvalue weighted by molar-refractivity contribution is -0.138. The minimum atomic E-state index is -4.44. The molecule has 0 radical (unpaired) electrons. The van der Waals surface area contributed by atoms with Crippen molar-refractivity contribution < 1.29 is 17.9 Å². The third-order valence-electron chi connectivity index (χ3n) is 4.03. The van der Waals surface area contributed by atoms with Gasteiger partial charge >= 0.3 is 6.18 Å². The minimum absolute atomic E-state index is 0.0416. The van der Waals surface area contributed by atoms with Crippen LogP contribution in [0.15, 0.2) is 36.7 Å². The molecular formula is C17H19F3N4O. The maximum Gasteiger partial charge on any atom is 0.419 e. The number of halogens is 3. The predicted octanol–water partition coefficient (Wildman–Crippen LogP) is 3.68. The number of nitrogens with one attached hydrogen (secondary N) is 2.